The van der Waals surface area contributed by atoms with E-state index in [9.17, 15) is 8.42 Å². The maximum atomic E-state index is 11.3. The van der Waals surface area contributed by atoms with Crippen molar-refractivity contribution in [3.63, 3.8) is 0 Å². The van der Waals surface area contributed by atoms with Gasteiger partial charge in [-0.15, -0.1) is 0 Å². The average Bonchev–Trinajstić information content (AvgIpc) is 2.29. The highest BCUT2D eigenvalue weighted by molar-refractivity contribution is 14.1. The number of benzene rings is 1. The normalized spacial score (nSPS) is 13.6. The second kappa shape index (κ2) is 6.70. The maximum absolute atomic E-state index is 11.3. The first kappa shape index (κ1) is 14.9. The Kier molecular flexibility index (Phi) is 5.88. The minimum atomic E-state index is -2.86. The van der Waals surface area contributed by atoms with Crippen molar-refractivity contribution in [1.82, 2.24) is 0 Å². The molecule has 1 aromatic rings. The van der Waals surface area contributed by atoms with E-state index >= 15 is 0 Å². The van der Waals surface area contributed by atoms with Crippen LogP contribution >= 0.6 is 22.6 Å². The van der Waals surface area contributed by atoms with Crippen LogP contribution in [0.3, 0.4) is 0 Å². The second-order valence-corrected chi connectivity index (χ2v) is 7.64. The monoisotopic (exact) mass is 367 g/mol. The molecule has 1 unspecified atom stereocenters. The molecule has 2 N–H and O–H groups in total. The fraction of sp³-hybridized carbons (Fsp3) is 0.500. The fourth-order valence-electron chi connectivity index (χ4n) is 1.60. The van der Waals surface area contributed by atoms with Crippen LogP contribution in [0.2, 0.25) is 0 Å². The molecule has 96 valence electrons. The van der Waals surface area contributed by atoms with Gasteiger partial charge in [-0.25, -0.2) is 8.42 Å². The summed E-state index contributed by atoms with van der Waals surface area (Å²) in [5, 5.41) is 0. The Labute approximate surface area is 117 Å². The van der Waals surface area contributed by atoms with E-state index in [-0.39, 0.29) is 17.5 Å². The number of nitrogens with two attached hydrogens (primary N) is 1. The lowest BCUT2D eigenvalue weighted by molar-refractivity contribution is 0.583. The van der Waals surface area contributed by atoms with Crippen molar-refractivity contribution >= 4 is 32.4 Å². The van der Waals surface area contributed by atoms with Crippen molar-refractivity contribution in [3.8, 4) is 0 Å². The molecule has 0 bridgehead atoms. The lowest BCUT2D eigenvalue weighted by Gasteiger charge is -2.13. The highest BCUT2D eigenvalue weighted by atomic mass is 127. The molecule has 1 aromatic carbocycles. The van der Waals surface area contributed by atoms with Gasteiger partial charge in [-0.3, -0.25) is 0 Å². The van der Waals surface area contributed by atoms with E-state index in [1.54, 1.807) is 6.92 Å². The van der Waals surface area contributed by atoms with Crippen LogP contribution in [0.1, 0.15) is 31.4 Å². The Morgan fingerprint density at radius 1 is 1.35 bits per heavy atom. The second-order valence-electron chi connectivity index (χ2n) is 4.01. The van der Waals surface area contributed by atoms with Crippen LogP contribution in [0.15, 0.2) is 24.3 Å². The Balaban J connectivity index is 2.51. The zero-order valence-corrected chi connectivity index (χ0v) is 12.9. The summed E-state index contributed by atoms with van der Waals surface area (Å²) >= 11 is 2.25. The highest BCUT2D eigenvalue weighted by Gasteiger charge is 2.12. The van der Waals surface area contributed by atoms with Crippen molar-refractivity contribution in [3.05, 3.63) is 33.4 Å². The lowest BCUT2D eigenvalue weighted by Crippen LogP contribution is -2.15. The van der Waals surface area contributed by atoms with Crippen LogP contribution in [0.25, 0.3) is 0 Å². The topological polar surface area (TPSA) is 60.2 Å². The lowest BCUT2D eigenvalue weighted by atomic mass is 10.0. The average molecular weight is 367 g/mol. The van der Waals surface area contributed by atoms with Gasteiger partial charge < -0.3 is 5.73 Å². The molecule has 0 saturated carbocycles. The summed E-state index contributed by atoms with van der Waals surface area (Å²) in [7, 11) is -2.86. The van der Waals surface area contributed by atoms with Crippen molar-refractivity contribution in [1.29, 1.82) is 0 Å². The Bertz CT molecular complexity index is 459. The van der Waals surface area contributed by atoms with Gasteiger partial charge in [0.25, 0.3) is 0 Å². The summed E-state index contributed by atoms with van der Waals surface area (Å²) in [5.41, 5.74) is 7.17. The van der Waals surface area contributed by atoms with Gasteiger partial charge in [0.1, 0.15) is 9.84 Å². The molecule has 3 nitrogen and oxygen atoms in total. The third-order valence-corrected chi connectivity index (χ3v) is 5.49. The smallest absolute Gasteiger partial charge is 0.150 e. The number of sulfone groups is 1. The van der Waals surface area contributed by atoms with E-state index in [1.807, 2.05) is 24.3 Å². The Morgan fingerprint density at radius 2 is 2.00 bits per heavy atom. The third-order valence-electron chi connectivity index (χ3n) is 2.71. The predicted molar refractivity (Wildman–Crippen MR) is 79.6 cm³/mol. The first-order valence-electron chi connectivity index (χ1n) is 5.66. The van der Waals surface area contributed by atoms with E-state index in [2.05, 4.69) is 22.6 Å². The Morgan fingerprint density at radius 3 is 2.59 bits per heavy atom. The molecule has 0 aliphatic rings. The van der Waals surface area contributed by atoms with Crippen molar-refractivity contribution in [2.45, 2.75) is 25.8 Å². The molecule has 0 aliphatic carbocycles. The van der Waals surface area contributed by atoms with E-state index in [4.69, 9.17) is 5.73 Å². The van der Waals surface area contributed by atoms with E-state index in [0.717, 1.165) is 9.13 Å². The van der Waals surface area contributed by atoms with Gasteiger partial charge in [0.2, 0.25) is 0 Å². The van der Waals surface area contributed by atoms with Crippen LogP contribution in [0.5, 0.6) is 0 Å². The number of halogens is 1. The van der Waals surface area contributed by atoms with Crippen LogP contribution in [-0.2, 0) is 9.84 Å². The largest absolute Gasteiger partial charge is 0.324 e. The molecule has 1 rings (SSSR count). The summed E-state index contributed by atoms with van der Waals surface area (Å²) in [6, 6.07) is 7.87. The molecular formula is C12H18INO2S. The summed E-state index contributed by atoms with van der Waals surface area (Å²) in [6.07, 6.45) is 1.33. The van der Waals surface area contributed by atoms with Crippen molar-refractivity contribution < 1.29 is 8.42 Å². The molecular weight excluding hydrogens is 349 g/mol. The van der Waals surface area contributed by atoms with Gasteiger partial charge >= 0.3 is 0 Å². The van der Waals surface area contributed by atoms with Gasteiger partial charge in [0, 0.05) is 15.4 Å². The highest BCUT2D eigenvalue weighted by Crippen LogP contribution is 2.21. The van der Waals surface area contributed by atoms with Crippen molar-refractivity contribution in [2.75, 3.05) is 11.5 Å². The Hall–Kier alpha value is -0.140. The van der Waals surface area contributed by atoms with Gasteiger partial charge in [0.15, 0.2) is 0 Å². The molecule has 0 heterocycles. The minimum absolute atomic E-state index is 0.0739. The van der Waals surface area contributed by atoms with Crippen molar-refractivity contribution in [2.24, 2.45) is 5.73 Å². The van der Waals surface area contributed by atoms with E-state index in [1.165, 1.54) is 0 Å². The molecule has 0 radical (unpaired) electrons. The zero-order valence-electron chi connectivity index (χ0n) is 9.90. The van der Waals surface area contributed by atoms with Gasteiger partial charge in [0.05, 0.1) is 5.75 Å². The van der Waals surface area contributed by atoms with Crippen LogP contribution in [-0.4, -0.2) is 19.9 Å². The SMILES string of the molecule is CCS(=O)(=O)CCCC(N)c1ccccc1I. The number of hydrogen-bond donors (Lipinski definition) is 1. The predicted octanol–water partition coefficient (Wildman–Crippen LogP) is 2.51. The van der Waals surface area contributed by atoms with Gasteiger partial charge in [-0.05, 0) is 47.1 Å². The molecule has 0 saturated heterocycles. The minimum Gasteiger partial charge on any atom is -0.324 e. The number of hydrogen-bond acceptors (Lipinski definition) is 3. The number of rotatable bonds is 6. The van der Waals surface area contributed by atoms with Crippen LogP contribution in [0.4, 0.5) is 0 Å². The standard InChI is InChI=1S/C12H18INO2S/c1-2-17(15,16)9-5-8-12(14)10-6-3-4-7-11(10)13/h3-4,6-7,12H,2,5,8-9,14H2,1H3. The molecule has 5 heteroatoms. The van der Waals surface area contributed by atoms with Gasteiger partial charge in [-0.1, -0.05) is 25.1 Å². The quantitative estimate of drug-likeness (QED) is 0.786. The van der Waals surface area contributed by atoms with E-state index in [0.29, 0.717) is 12.8 Å². The first-order valence-corrected chi connectivity index (χ1v) is 8.56. The molecule has 1 atom stereocenters. The van der Waals surface area contributed by atoms with Gasteiger partial charge in [-0.2, -0.15) is 0 Å². The summed E-state index contributed by atoms with van der Waals surface area (Å²) in [5.74, 6) is 0.450. The maximum Gasteiger partial charge on any atom is 0.150 e. The molecule has 17 heavy (non-hydrogen) atoms. The van der Waals surface area contributed by atoms with Crippen LogP contribution in [0, 0.1) is 3.57 Å². The summed E-state index contributed by atoms with van der Waals surface area (Å²) in [4.78, 5) is 0. The summed E-state index contributed by atoms with van der Waals surface area (Å²) < 4.78 is 23.8. The molecule has 0 aromatic heterocycles. The molecule has 0 fully saturated rings. The van der Waals surface area contributed by atoms with E-state index < -0.39 is 9.84 Å². The zero-order chi connectivity index (χ0) is 12.9. The molecule has 0 spiro atoms. The fourth-order valence-corrected chi connectivity index (χ4v) is 3.28. The first-order chi connectivity index (χ1) is 7.96. The third kappa shape index (κ3) is 4.93. The molecule has 0 aliphatic heterocycles. The summed E-state index contributed by atoms with van der Waals surface area (Å²) in [6.45, 7) is 1.68. The molecule has 0 amide bonds. The van der Waals surface area contributed by atoms with Crippen LogP contribution < -0.4 is 5.73 Å².